The van der Waals surface area contributed by atoms with Gasteiger partial charge in [0.05, 0.1) is 31.3 Å². The molecule has 0 aliphatic carbocycles. The van der Waals surface area contributed by atoms with Crippen molar-refractivity contribution in [2.75, 3.05) is 6.61 Å². The summed E-state index contributed by atoms with van der Waals surface area (Å²) in [4.78, 5) is 12.4. The molecule has 0 radical (unpaired) electrons. The maximum absolute atomic E-state index is 12.4. The van der Waals surface area contributed by atoms with E-state index < -0.39 is 18.2 Å². The van der Waals surface area contributed by atoms with Crippen molar-refractivity contribution in [1.29, 1.82) is 0 Å². The summed E-state index contributed by atoms with van der Waals surface area (Å²) < 4.78 is 0. The highest BCUT2D eigenvalue weighted by Gasteiger charge is 2.21. The molecule has 5 nitrogen and oxygen atoms in total. The quantitative estimate of drug-likeness (QED) is 0.0466. The summed E-state index contributed by atoms with van der Waals surface area (Å²) in [5, 5.41) is 33.4. The Morgan fingerprint density at radius 3 is 0.906 bits per heavy atom. The van der Waals surface area contributed by atoms with E-state index in [1.54, 1.807) is 0 Å². The van der Waals surface area contributed by atoms with E-state index in [0.717, 1.165) is 25.7 Å². The van der Waals surface area contributed by atoms with Crippen LogP contribution in [0.3, 0.4) is 0 Å². The first-order chi connectivity index (χ1) is 26.0. The van der Waals surface area contributed by atoms with Gasteiger partial charge in [0.25, 0.3) is 0 Å². The number of aliphatic hydroxyl groups excluding tert-OH is 3. The smallest absolute Gasteiger partial charge is 0.222 e. The van der Waals surface area contributed by atoms with Crippen molar-refractivity contribution in [2.45, 2.75) is 295 Å². The minimum Gasteiger partial charge on any atom is -0.394 e. The van der Waals surface area contributed by atoms with E-state index in [1.165, 1.54) is 218 Å². The van der Waals surface area contributed by atoms with Gasteiger partial charge in [-0.05, 0) is 12.8 Å². The van der Waals surface area contributed by atoms with Gasteiger partial charge in [-0.15, -0.1) is 0 Å². The number of amides is 1. The highest BCUT2D eigenvalue weighted by atomic mass is 16.3. The van der Waals surface area contributed by atoms with Crippen molar-refractivity contribution < 1.29 is 20.1 Å². The fourth-order valence-electron chi connectivity index (χ4n) is 7.94. The number of aliphatic hydroxyl groups is 3. The fraction of sp³-hybridized carbons (Fsp3) is 0.979. The van der Waals surface area contributed by atoms with Gasteiger partial charge in [0, 0.05) is 0 Å². The summed E-state index contributed by atoms with van der Waals surface area (Å²) in [6, 6.07) is -0.651. The normalized spacial score (nSPS) is 13.4. The highest BCUT2D eigenvalue weighted by Crippen LogP contribution is 2.18. The molecule has 0 spiro atoms. The lowest BCUT2D eigenvalue weighted by Gasteiger charge is -2.23. The van der Waals surface area contributed by atoms with Crippen molar-refractivity contribution in [3.8, 4) is 0 Å². The summed E-state index contributed by atoms with van der Waals surface area (Å²) in [7, 11) is 0. The summed E-state index contributed by atoms with van der Waals surface area (Å²) >= 11 is 0. The minimum absolute atomic E-state index is 0.0428. The topological polar surface area (TPSA) is 89.8 Å². The molecular formula is C48H97NO4. The van der Waals surface area contributed by atoms with Crippen LogP contribution in [-0.4, -0.2) is 46.1 Å². The monoisotopic (exact) mass is 752 g/mol. The Kier molecular flexibility index (Phi) is 43.5. The Balaban J connectivity index is 3.46. The van der Waals surface area contributed by atoms with E-state index in [1.807, 2.05) is 0 Å². The van der Waals surface area contributed by atoms with Crippen LogP contribution in [0.1, 0.15) is 277 Å². The summed E-state index contributed by atoms with van der Waals surface area (Å²) in [5.41, 5.74) is 0. The lowest BCUT2D eigenvalue weighted by Crippen LogP contribution is -2.46. The molecule has 0 aromatic carbocycles. The molecule has 0 aromatic rings. The predicted octanol–water partition coefficient (Wildman–Crippen LogP) is 14.2. The van der Waals surface area contributed by atoms with Crippen LogP contribution < -0.4 is 5.32 Å². The number of nitrogens with one attached hydrogen (secondary N) is 1. The molecule has 318 valence electrons. The second kappa shape index (κ2) is 44.1. The standard InChI is InChI=1S/C48H97NO4/c1-3-5-7-9-11-13-15-16-17-18-19-20-21-22-23-24-25-26-27-28-29-30-32-33-35-37-39-41-45(51)43-48(53)49-46(44-50)47(52)42-40-38-36-34-31-14-12-10-8-6-4-2/h45-47,50-52H,3-44H2,1-2H3,(H,49,53). The Bertz CT molecular complexity index is 703. The van der Waals surface area contributed by atoms with Gasteiger partial charge >= 0.3 is 0 Å². The molecular weight excluding hydrogens is 655 g/mol. The van der Waals surface area contributed by atoms with Gasteiger partial charge in [-0.25, -0.2) is 0 Å². The predicted molar refractivity (Wildman–Crippen MR) is 232 cm³/mol. The zero-order chi connectivity index (χ0) is 38.7. The average molecular weight is 752 g/mol. The molecule has 3 atom stereocenters. The summed E-state index contributed by atoms with van der Waals surface area (Å²) in [6.45, 7) is 4.27. The van der Waals surface area contributed by atoms with Gasteiger partial charge in [-0.1, -0.05) is 258 Å². The molecule has 1 amide bonds. The first-order valence-corrected chi connectivity index (χ1v) is 24.3. The van der Waals surface area contributed by atoms with E-state index in [0.29, 0.717) is 12.8 Å². The van der Waals surface area contributed by atoms with Crippen molar-refractivity contribution in [3.63, 3.8) is 0 Å². The molecule has 0 fully saturated rings. The van der Waals surface area contributed by atoms with Crippen LogP contribution in [0.5, 0.6) is 0 Å². The Hall–Kier alpha value is -0.650. The van der Waals surface area contributed by atoms with Gasteiger partial charge in [0.2, 0.25) is 5.91 Å². The van der Waals surface area contributed by atoms with Crippen molar-refractivity contribution in [3.05, 3.63) is 0 Å². The molecule has 0 aliphatic rings. The second-order valence-electron chi connectivity index (χ2n) is 17.1. The first-order valence-electron chi connectivity index (χ1n) is 24.3. The Morgan fingerprint density at radius 2 is 0.642 bits per heavy atom. The minimum atomic E-state index is -0.742. The van der Waals surface area contributed by atoms with Crippen LogP contribution in [-0.2, 0) is 4.79 Å². The lowest BCUT2D eigenvalue weighted by atomic mass is 10.0. The van der Waals surface area contributed by atoms with Gasteiger partial charge in [-0.2, -0.15) is 0 Å². The summed E-state index contributed by atoms with van der Waals surface area (Å²) in [6.07, 6.45) is 51.0. The molecule has 0 saturated heterocycles. The molecule has 0 aliphatic heterocycles. The number of unbranched alkanes of at least 4 members (excludes halogenated alkanes) is 36. The zero-order valence-electron chi connectivity index (χ0n) is 36.2. The number of carbonyl (C=O) groups is 1. The van der Waals surface area contributed by atoms with E-state index in [4.69, 9.17) is 0 Å². The van der Waals surface area contributed by atoms with Gasteiger partial charge in [-0.3, -0.25) is 4.79 Å². The molecule has 3 unspecified atom stereocenters. The highest BCUT2D eigenvalue weighted by molar-refractivity contribution is 5.76. The number of rotatable bonds is 45. The van der Waals surface area contributed by atoms with Gasteiger partial charge in [0.15, 0.2) is 0 Å². The third-order valence-electron chi connectivity index (χ3n) is 11.7. The fourth-order valence-corrected chi connectivity index (χ4v) is 7.94. The van der Waals surface area contributed by atoms with E-state index in [2.05, 4.69) is 19.2 Å². The third-order valence-corrected chi connectivity index (χ3v) is 11.7. The van der Waals surface area contributed by atoms with Gasteiger partial charge < -0.3 is 20.6 Å². The van der Waals surface area contributed by atoms with Crippen molar-refractivity contribution in [1.82, 2.24) is 5.32 Å². The number of hydrogen-bond acceptors (Lipinski definition) is 4. The largest absolute Gasteiger partial charge is 0.394 e. The van der Waals surface area contributed by atoms with Crippen LogP contribution in [0.4, 0.5) is 0 Å². The molecule has 0 saturated carbocycles. The molecule has 0 aromatic heterocycles. The van der Waals surface area contributed by atoms with Crippen molar-refractivity contribution in [2.24, 2.45) is 0 Å². The van der Waals surface area contributed by atoms with E-state index in [-0.39, 0.29) is 18.9 Å². The maximum atomic E-state index is 12.4. The zero-order valence-corrected chi connectivity index (χ0v) is 36.2. The van der Waals surface area contributed by atoms with Gasteiger partial charge in [0.1, 0.15) is 0 Å². The maximum Gasteiger partial charge on any atom is 0.222 e. The van der Waals surface area contributed by atoms with Crippen LogP contribution in [0.2, 0.25) is 0 Å². The third kappa shape index (κ3) is 40.8. The summed E-state index contributed by atoms with van der Waals surface area (Å²) in [5.74, 6) is -0.278. The molecule has 0 rings (SSSR count). The van der Waals surface area contributed by atoms with E-state index in [9.17, 15) is 20.1 Å². The van der Waals surface area contributed by atoms with Crippen LogP contribution in [0, 0.1) is 0 Å². The second-order valence-corrected chi connectivity index (χ2v) is 17.1. The number of carbonyl (C=O) groups excluding carboxylic acids is 1. The first kappa shape index (κ1) is 52.3. The lowest BCUT2D eigenvalue weighted by molar-refractivity contribution is -0.125. The van der Waals surface area contributed by atoms with Crippen LogP contribution in [0.15, 0.2) is 0 Å². The molecule has 0 bridgehead atoms. The molecule has 53 heavy (non-hydrogen) atoms. The molecule has 5 heteroatoms. The van der Waals surface area contributed by atoms with E-state index >= 15 is 0 Å². The Labute approximate surface area is 332 Å². The SMILES string of the molecule is CCCCCCCCCCCCCCCCCCCCCCCCCCCCCC(O)CC(=O)NC(CO)C(O)CCCCCCCCCCCCC. The Morgan fingerprint density at radius 1 is 0.396 bits per heavy atom. The average Bonchev–Trinajstić information content (AvgIpc) is 3.15. The number of hydrogen-bond donors (Lipinski definition) is 4. The van der Waals surface area contributed by atoms with Crippen LogP contribution in [0.25, 0.3) is 0 Å². The van der Waals surface area contributed by atoms with Crippen molar-refractivity contribution >= 4 is 5.91 Å². The molecule has 0 heterocycles. The van der Waals surface area contributed by atoms with Crippen LogP contribution >= 0.6 is 0 Å². The molecule has 4 N–H and O–H groups in total.